The SMILES string of the molecule is CCCCCCCCC(=O)NC(CCCC)C(=O)Oc1ccc(CS(=O)(=O)O)cc1.[NaH]. The predicted octanol–water partition coefficient (Wildman–Crippen LogP) is 3.76. The van der Waals surface area contributed by atoms with Crippen LogP contribution in [0.5, 0.6) is 5.75 Å². The van der Waals surface area contributed by atoms with Crippen molar-refractivity contribution in [3.8, 4) is 5.75 Å². The van der Waals surface area contributed by atoms with Crippen molar-refractivity contribution in [1.29, 1.82) is 0 Å². The van der Waals surface area contributed by atoms with Crippen LogP contribution in [0.3, 0.4) is 0 Å². The fourth-order valence-electron chi connectivity index (χ4n) is 3.04. The summed E-state index contributed by atoms with van der Waals surface area (Å²) in [5, 5.41) is 2.79. The number of ether oxygens (including phenoxy) is 1. The minimum absolute atomic E-state index is 0. The molecule has 1 unspecified atom stereocenters. The van der Waals surface area contributed by atoms with Gasteiger partial charge in [-0.3, -0.25) is 9.35 Å². The molecule has 31 heavy (non-hydrogen) atoms. The van der Waals surface area contributed by atoms with Gasteiger partial charge in [0.15, 0.2) is 0 Å². The van der Waals surface area contributed by atoms with E-state index < -0.39 is 27.9 Å². The van der Waals surface area contributed by atoms with Gasteiger partial charge in [-0.15, -0.1) is 0 Å². The van der Waals surface area contributed by atoms with Crippen LogP contribution in [0.2, 0.25) is 0 Å². The number of rotatable bonds is 15. The summed E-state index contributed by atoms with van der Waals surface area (Å²) < 4.78 is 36.1. The van der Waals surface area contributed by atoms with Gasteiger partial charge in [-0.25, -0.2) is 4.79 Å². The quantitative estimate of drug-likeness (QED) is 0.134. The summed E-state index contributed by atoms with van der Waals surface area (Å²) in [5.74, 6) is -0.936. The molecule has 0 heterocycles. The maximum atomic E-state index is 12.5. The second-order valence-corrected chi connectivity index (χ2v) is 9.02. The predicted molar refractivity (Wildman–Crippen MR) is 124 cm³/mol. The molecular weight excluding hydrogens is 429 g/mol. The van der Waals surface area contributed by atoms with Crippen molar-refractivity contribution >= 4 is 51.6 Å². The van der Waals surface area contributed by atoms with Crippen molar-refractivity contribution in [3.63, 3.8) is 0 Å². The Morgan fingerprint density at radius 1 is 0.968 bits per heavy atom. The summed E-state index contributed by atoms with van der Waals surface area (Å²) in [7, 11) is -4.12. The van der Waals surface area contributed by atoms with Crippen molar-refractivity contribution in [2.75, 3.05) is 0 Å². The summed E-state index contributed by atoms with van der Waals surface area (Å²) in [6.45, 7) is 4.17. The first-order valence-electron chi connectivity index (χ1n) is 10.8. The molecule has 1 amide bonds. The zero-order valence-corrected chi connectivity index (χ0v) is 18.9. The molecule has 9 heteroatoms. The van der Waals surface area contributed by atoms with Gasteiger partial charge in [0, 0.05) is 6.42 Å². The summed E-state index contributed by atoms with van der Waals surface area (Å²) in [6, 6.07) is 5.15. The molecular formula is C22H36NNaO6S. The van der Waals surface area contributed by atoms with E-state index in [1.54, 1.807) is 0 Å². The Balaban J connectivity index is 0.00000900. The molecule has 0 radical (unpaired) electrons. The van der Waals surface area contributed by atoms with Crippen LogP contribution >= 0.6 is 0 Å². The topological polar surface area (TPSA) is 110 Å². The van der Waals surface area contributed by atoms with Crippen molar-refractivity contribution in [1.82, 2.24) is 5.32 Å². The molecule has 1 aromatic rings. The Labute approximate surface area is 208 Å². The van der Waals surface area contributed by atoms with Gasteiger partial charge in [0.05, 0.1) is 0 Å². The van der Waals surface area contributed by atoms with Gasteiger partial charge in [0.25, 0.3) is 10.1 Å². The van der Waals surface area contributed by atoms with Crippen LogP contribution in [0.25, 0.3) is 0 Å². The maximum absolute atomic E-state index is 12.5. The van der Waals surface area contributed by atoms with E-state index >= 15 is 0 Å². The van der Waals surface area contributed by atoms with Gasteiger partial charge in [-0.05, 0) is 30.5 Å². The number of carbonyl (C=O) groups excluding carboxylic acids is 2. The summed E-state index contributed by atoms with van der Waals surface area (Å²) in [5.41, 5.74) is 0.382. The number of nitrogens with one attached hydrogen (secondary N) is 1. The van der Waals surface area contributed by atoms with Crippen molar-refractivity contribution in [2.45, 2.75) is 89.9 Å². The average molecular weight is 466 g/mol. The van der Waals surface area contributed by atoms with Gasteiger partial charge in [0.1, 0.15) is 17.5 Å². The number of amides is 1. The molecule has 1 atom stereocenters. The van der Waals surface area contributed by atoms with E-state index in [0.29, 0.717) is 18.4 Å². The van der Waals surface area contributed by atoms with E-state index in [1.807, 2.05) is 6.92 Å². The van der Waals surface area contributed by atoms with Gasteiger partial charge < -0.3 is 10.1 Å². The van der Waals surface area contributed by atoms with Crippen LogP contribution in [-0.4, -0.2) is 60.4 Å². The first-order chi connectivity index (χ1) is 14.2. The van der Waals surface area contributed by atoms with Gasteiger partial charge >= 0.3 is 35.5 Å². The van der Waals surface area contributed by atoms with Crippen molar-refractivity contribution < 1.29 is 27.3 Å². The molecule has 0 saturated carbocycles. The molecule has 0 aliphatic rings. The molecule has 0 saturated heterocycles. The molecule has 7 nitrogen and oxygen atoms in total. The average Bonchev–Trinajstić information content (AvgIpc) is 2.68. The molecule has 1 rings (SSSR count). The first kappa shape index (κ1) is 30.1. The fourth-order valence-corrected chi connectivity index (χ4v) is 3.65. The van der Waals surface area contributed by atoms with E-state index in [2.05, 4.69) is 12.2 Å². The van der Waals surface area contributed by atoms with Crippen LogP contribution in [0.15, 0.2) is 24.3 Å². The first-order valence-corrected chi connectivity index (χ1v) is 12.4. The van der Waals surface area contributed by atoms with E-state index in [4.69, 9.17) is 9.29 Å². The minimum atomic E-state index is -4.12. The number of carbonyl (C=O) groups is 2. The molecule has 0 aliphatic carbocycles. The Hall–Kier alpha value is -0.930. The molecule has 2 N–H and O–H groups in total. The molecule has 0 fully saturated rings. The molecule has 0 spiro atoms. The standard InChI is InChI=1S/C22H35NO6S.Na.H/c1-3-5-7-8-9-10-12-21(24)23-20(11-6-4-2)22(25)29-19-15-13-18(14-16-19)17-30(26,27)28;;/h13-16,20H,3-12,17H2,1-2H3,(H,23,24)(H,26,27,28);;. The van der Waals surface area contributed by atoms with Crippen LogP contribution in [0.4, 0.5) is 0 Å². The fraction of sp³-hybridized carbons (Fsp3) is 0.636. The van der Waals surface area contributed by atoms with E-state index in [1.165, 1.54) is 43.5 Å². The number of esters is 1. The third-order valence-corrected chi connectivity index (χ3v) is 5.41. The van der Waals surface area contributed by atoms with Crippen LogP contribution in [-0.2, 0) is 25.5 Å². The summed E-state index contributed by atoms with van der Waals surface area (Å²) >= 11 is 0. The third-order valence-electron chi connectivity index (χ3n) is 4.71. The molecule has 0 bridgehead atoms. The molecule has 0 aliphatic heterocycles. The zero-order valence-electron chi connectivity index (χ0n) is 18.1. The number of hydrogen-bond acceptors (Lipinski definition) is 5. The van der Waals surface area contributed by atoms with Crippen LogP contribution in [0, 0.1) is 0 Å². The van der Waals surface area contributed by atoms with Gasteiger partial charge in [-0.2, -0.15) is 8.42 Å². The van der Waals surface area contributed by atoms with Crippen LogP contribution < -0.4 is 10.1 Å². The van der Waals surface area contributed by atoms with Crippen LogP contribution in [0.1, 0.15) is 83.6 Å². The van der Waals surface area contributed by atoms with E-state index in [0.717, 1.165) is 32.1 Å². The second kappa shape index (κ2) is 16.7. The Morgan fingerprint density at radius 2 is 1.55 bits per heavy atom. The summed E-state index contributed by atoms with van der Waals surface area (Å²) in [6.07, 6.45) is 9.09. The van der Waals surface area contributed by atoms with Gasteiger partial charge in [-0.1, -0.05) is 70.9 Å². The van der Waals surface area contributed by atoms with Crippen molar-refractivity contribution in [3.05, 3.63) is 29.8 Å². The van der Waals surface area contributed by atoms with Gasteiger partial charge in [0.2, 0.25) is 5.91 Å². The number of unbranched alkanes of at least 4 members (excludes halogenated alkanes) is 6. The number of benzene rings is 1. The monoisotopic (exact) mass is 465 g/mol. The third kappa shape index (κ3) is 14.7. The van der Waals surface area contributed by atoms with E-state index in [-0.39, 0.29) is 41.2 Å². The Morgan fingerprint density at radius 3 is 2.13 bits per heavy atom. The normalized spacial score (nSPS) is 12.0. The molecule has 0 aromatic heterocycles. The molecule has 1 aromatic carbocycles. The second-order valence-electron chi connectivity index (χ2n) is 7.57. The van der Waals surface area contributed by atoms with Crippen molar-refractivity contribution in [2.24, 2.45) is 0 Å². The summed E-state index contributed by atoms with van der Waals surface area (Å²) in [4.78, 5) is 24.8. The van der Waals surface area contributed by atoms with E-state index in [9.17, 15) is 18.0 Å². The zero-order chi connectivity index (χ0) is 22.4. The number of hydrogen-bond donors (Lipinski definition) is 2. The molecule has 172 valence electrons. The Kier molecular flexibility index (Phi) is 16.2. The Bertz CT molecular complexity index is 752.